The molecule has 0 atom stereocenters. The van der Waals surface area contributed by atoms with Crippen molar-refractivity contribution in [2.75, 3.05) is 11.4 Å². The van der Waals surface area contributed by atoms with Crippen LogP contribution in [0, 0.1) is 0 Å². The molecule has 0 fully saturated rings. The average molecular weight is 303 g/mol. The molecule has 0 bridgehead atoms. The summed E-state index contributed by atoms with van der Waals surface area (Å²) < 4.78 is 27.9. The van der Waals surface area contributed by atoms with Crippen LogP contribution in [-0.4, -0.2) is 15.5 Å². The number of anilines is 1. The first-order chi connectivity index (χ1) is 9.59. The largest absolute Gasteiger partial charge is 0.273 e. The molecule has 0 amide bonds. The summed E-state index contributed by atoms with van der Waals surface area (Å²) >= 11 is 1.30. The molecule has 0 N–H and O–H groups in total. The first-order valence-electron chi connectivity index (χ1n) is 6.11. The van der Waals surface area contributed by atoms with Crippen molar-refractivity contribution in [1.29, 1.82) is 0 Å². The van der Waals surface area contributed by atoms with Gasteiger partial charge in [0.15, 0.2) is 0 Å². The third-order valence-electron chi connectivity index (χ3n) is 3.14. The summed E-state index contributed by atoms with van der Waals surface area (Å²) in [6, 6.07) is 18.5. The lowest BCUT2D eigenvalue weighted by Crippen LogP contribution is -2.25. The fourth-order valence-corrected chi connectivity index (χ4v) is 4.76. The Kier molecular flexibility index (Phi) is 3.23. The number of sulfonamides is 1. The second-order valence-corrected chi connectivity index (χ2v) is 7.69. The van der Waals surface area contributed by atoms with Crippen LogP contribution in [0.5, 0.6) is 0 Å². The lowest BCUT2D eigenvalue weighted by Gasteiger charge is -2.18. The van der Waals surface area contributed by atoms with E-state index in [2.05, 4.69) is 0 Å². The Hall–Kier alpha value is -1.85. The molecule has 0 aliphatic rings. The van der Waals surface area contributed by atoms with Gasteiger partial charge in [-0.05, 0) is 29.7 Å². The summed E-state index contributed by atoms with van der Waals surface area (Å²) in [6.07, 6.45) is 0. The number of hydrogen-bond donors (Lipinski definition) is 0. The second kappa shape index (κ2) is 4.92. The maximum absolute atomic E-state index is 12.6. The molecule has 102 valence electrons. The third kappa shape index (κ3) is 2.19. The van der Waals surface area contributed by atoms with Crippen LogP contribution < -0.4 is 4.31 Å². The van der Waals surface area contributed by atoms with Gasteiger partial charge < -0.3 is 0 Å². The van der Waals surface area contributed by atoms with Crippen LogP contribution in [0.4, 0.5) is 5.69 Å². The minimum absolute atomic E-state index is 0.366. The van der Waals surface area contributed by atoms with Crippen molar-refractivity contribution < 1.29 is 8.42 Å². The second-order valence-electron chi connectivity index (χ2n) is 4.41. The van der Waals surface area contributed by atoms with Gasteiger partial charge in [0, 0.05) is 11.7 Å². The van der Waals surface area contributed by atoms with Crippen molar-refractivity contribution in [1.82, 2.24) is 0 Å². The number of hydrogen-bond acceptors (Lipinski definition) is 3. The molecule has 3 rings (SSSR count). The van der Waals surface area contributed by atoms with Gasteiger partial charge in [-0.1, -0.05) is 36.4 Å². The monoisotopic (exact) mass is 303 g/mol. The molecular weight excluding hydrogens is 290 g/mol. The minimum Gasteiger partial charge on any atom is -0.269 e. The topological polar surface area (TPSA) is 37.4 Å². The molecule has 3 nitrogen and oxygen atoms in total. The van der Waals surface area contributed by atoms with Crippen LogP contribution in [0.1, 0.15) is 0 Å². The van der Waals surface area contributed by atoms with E-state index in [1.165, 1.54) is 15.6 Å². The highest BCUT2D eigenvalue weighted by atomic mass is 32.2. The quantitative estimate of drug-likeness (QED) is 0.739. The summed E-state index contributed by atoms with van der Waals surface area (Å²) in [5.41, 5.74) is 0.657. The highest BCUT2D eigenvalue weighted by molar-refractivity contribution is 7.94. The van der Waals surface area contributed by atoms with Crippen molar-refractivity contribution >= 4 is 37.1 Å². The molecule has 1 aromatic heterocycles. The average Bonchev–Trinajstić information content (AvgIpc) is 2.92. The van der Waals surface area contributed by atoms with Gasteiger partial charge in [0.1, 0.15) is 4.21 Å². The summed E-state index contributed by atoms with van der Waals surface area (Å²) in [5, 5.41) is 0.956. The Bertz CT molecular complexity index is 805. The number of para-hydroxylation sites is 1. The van der Waals surface area contributed by atoms with Gasteiger partial charge in [0.25, 0.3) is 10.0 Å². The van der Waals surface area contributed by atoms with Gasteiger partial charge in [-0.15, -0.1) is 11.3 Å². The highest BCUT2D eigenvalue weighted by Gasteiger charge is 2.23. The molecule has 0 radical (unpaired) electrons. The van der Waals surface area contributed by atoms with Crippen molar-refractivity contribution in [2.45, 2.75) is 4.21 Å². The summed E-state index contributed by atoms with van der Waals surface area (Å²) in [6.45, 7) is 0. The van der Waals surface area contributed by atoms with Crippen LogP contribution in [-0.2, 0) is 10.0 Å². The standard InChI is InChI=1S/C15H13NO2S2/c1-16(13-8-3-2-4-9-13)20(17,18)15-11-12-7-5-6-10-14(12)19-15/h2-11H,1H3. The van der Waals surface area contributed by atoms with Crippen molar-refractivity contribution in [3.05, 3.63) is 60.7 Å². The van der Waals surface area contributed by atoms with Crippen LogP contribution in [0.15, 0.2) is 64.9 Å². The SMILES string of the molecule is CN(c1ccccc1)S(=O)(=O)c1cc2ccccc2s1. The van der Waals surface area contributed by atoms with Crippen LogP contribution in [0.25, 0.3) is 10.1 Å². The highest BCUT2D eigenvalue weighted by Crippen LogP contribution is 2.31. The van der Waals surface area contributed by atoms with Gasteiger partial charge in [-0.2, -0.15) is 0 Å². The van der Waals surface area contributed by atoms with Crippen LogP contribution in [0.2, 0.25) is 0 Å². The molecule has 2 aromatic carbocycles. The Morgan fingerprint density at radius 1 is 0.950 bits per heavy atom. The van der Waals surface area contributed by atoms with Crippen molar-refractivity contribution in [2.24, 2.45) is 0 Å². The van der Waals surface area contributed by atoms with E-state index in [0.29, 0.717) is 9.90 Å². The van der Waals surface area contributed by atoms with Gasteiger partial charge >= 0.3 is 0 Å². The molecule has 20 heavy (non-hydrogen) atoms. The zero-order valence-electron chi connectivity index (χ0n) is 10.9. The molecule has 3 aromatic rings. The van der Waals surface area contributed by atoms with Gasteiger partial charge in [-0.3, -0.25) is 4.31 Å². The van der Waals surface area contributed by atoms with E-state index in [9.17, 15) is 8.42 Å². The maximum Gasteiger partial charge on any atom is 0.273 e. The molecule has 0 unspecified atom stereocenters. The molecule has 0 aliphatic carbocycles. The fourth-order valence-electron chi connectivity index (χ4n) is 2.00. The third-order valence-corrected chi connectivity index (χ3v) is 6.49. The van der Waals surface area contributed by atoms with Crippen LogP contribution >= 0.6 is 11.3 Å². The van der Waals surface area contributed by atoms with Gasteiger partial charge in [-0.25, -0.2) is 8.42 Å². The number of benzene rings is 2. The van der Waals surface area contributed by atoms with Crippen LogP contribution in [0.3, 0.4) is 0 Å². The van der Waals surface area contributed by atoms with Crippen molar-refractivity contribution in [3.63, 3.8) is 0 Å². The summed E-state index contributed by atoms with van der Waals surface area (Å²) in [5.74, 6) is 0. The maximum atomic E-state index is 12.6. The van der Waals surface area contributed by atoms with E-state index in [0.717, 1.165) is 10.1 Å². The lowest BCUT2D eigenvalue weighted by molar-refractivity contribution is 0.596. The Morgan fingerprint density at radius 3 is 2.30 bits per heavy atom. The van der Waals surface area contributed by atoms with E-state index >= 15 is 0 Å². The number of rotatable bonds is 3. The predicted molar refractivity (Wildman–Crippen MR) is 83.9 cm³/mol. The Morgan fingerprint density at radius 2 is 1.60 bits per heavy atom. The normalized spacial score (nSPS) is 11.7. The number of fused-ring (bicyclic) bond motifs is 1. The lowest BCUT2D eigenvalue weighted by atomic mass is 10.3. The minimum atomic E-state index is -3.50. The van der Waals surface area contributed by atoms with Gasteiger partial charge in [0.2, 0.25) is 0 Å². The molecule has 5 heteroatoms. The number of nitrogens with zero attached hydrogens (tertiary/aromatic N) is 1. The zero-order chi connectivity index (χ0) is 14.2. The van der Waals surface area contributed by atoms with E-state index in [-0.39, 0.29) is 0 Å². The van der Waals surface area contributed by atoms with Gasteiger partial charge in [0.05, 0.1) is 5.69 Å². The summed E-state index contributed by atoms with van der Waals surface area (Å²) in [7, 11) is -1.92. The Balaban J connectivity index is 2.07. The molecule has 1 heterocycles. The van der Waals surface area contributed by atoms with Crippen molar-refractivity contribution in [3.8, 4) is 0 Å². The smallest absolute Gasteiger partial charge is 0.269 e. The zero-order valence-corrected chi connectivity index (χ0v) is 12.5. The summed E-state index contributed by atoms with van der Waals surface area (Å²) in [4.78, 5) is 0. The fraction of sp³-hybridized carbons (Fsp3) is 0.0667. The first kappa shape index (κ1) is 13.1. The molecular formula is C15H13NO2S2. The van der Waals surface area contributed by atoms with E-state index < -0.39 is 10.0 Å². The number of thiophene rings is 1. The molecule has 0 aliphatic heterocycles. The first-order valence-corrected chi connectivity index (χ1v) is 8.37. The molecule has 0 spiro atoms. The van der Waals surface area contributed by atoms with E-state index in [1.807, 2.05) is 42.5 Å². The Labute approximate surface area is 122 Å². The van der Waals surface area contributed by atoms with E-state index in [4.69, 9.17) is 0 Å². The van der Waals surface area contributed by atoms with E-state index in [1.54, 1.807) is 25.2 Å². The molecule has 0 saturated heterocycles. The molecule has 0 saturated carbocycles. The predicted octanol–water partition coefficient (Wildman–Crippen LogP) is 3.73.